The molecule has 0 aliphatic carbocycles. The molecule has 1 aromatic carbocycles. The molecule has 1 fully saturated rings. The van der Waals surface area contributed by atoms with Crippen molar-refractivity contribution >= 4 is 35.2 Å². The molecule has 1 aromatic heterocycles. The van der Waals surface area contributed by atoms with E-state index in [2.05, 4.69) is 10.4 Å². The Morgan fingerprint density at radius 2 is 1.97 bits per heavy atom. The molecule has 2 aromatic rings. The van der Waals surface area contributed by atoms with E-state index in [0.717, 1.165) is 5.69 Å². The number of hydrogen-bond donors (Lipinski definition) is 1. The second kappa shape index (κ2) is 6.97. The number of carbonyl (C=O) groups excluding carboxylic acids is 4. The van der Waals surface area contributed by atoms with Gasteiger partial charge in [-0.25, -0.2) is 4.79 Å². The standard InChI is InChI=1S/C20H21N5O5/c1-12-10-15(24(3)22-12)21-16(26)11-30-19(29)20-9-8-17(27)25(20)14-7-5-4-6-13(14)18(28)23(20)2/h4-7,10H,8-9,11H2,1-3H3,(H,21,26). The van der Waals surface area contributed by atoms with Gasteiger partial charge in [0, 0.05) is 33.0 Å². The molecule has 2 aliphatic rings. The number of aryl methyl sites for hydroxylation is 2. The van der Waals surface area contributed by atoms with Gasteiger partial charge >= 0.3 is 5.97 Å². The van der Waals surface area contributed by atoms with E-state index in [-0.39, 0.29) is 24.7 Å². The van der Waals surface area contributed by atoms with E-state index >= 15 is 0 Å². The SMILES string of the molecule is Cc1cc(NC(=O)COC(=O)C23CCC(=O)N2c2ccccc2C(=O)N3C)n(C)n1. The predicted molar refractivity (Wildman–Crippen MR) is 106 cm³/mol. The molecule has 10 nitrogen and oxygen atoms in total. The number of para-hydroxylation sites is 1. The fourth-order valence-electron chi connectivity index (χ4n) is 4.04. The molecule has 3 amide bonds. The Kier molecular flexibility index (Phi) is 4.56. The number of nitrogens with one attached hydrogen (secondary N) is 1. The summed E-state index contributed by atoms with van der Waals surface area (Å²) in [5.41, 5.74) is -0.172. The number of fused-ring (bicyclic) bond motifs is 3. The summed E-state index contributed by atoms with van der Waals surface area (Å²) in [5, 5.41) is 6.74. The number of hydrogen-bond acceptors (Lipinski definition) is 6. The first-order valence-corrected chi connectivity index (χ1v) is 9.43. The van der Waals surface area contributed by atoms with Gasteiger partial charge < -0.3 is 15.0 Å². The summed E-state index contributed by atoms with van der Waals surface area (Å²) in [6.45, 7) is 1.23. The molecular formula is C20H21N5O5. The number of ether oxygens (including phenoxy) is 1. The molecular weight excluding hydrogens is 390 g/mol. The van der Waals surface area contributed by atoms with Crippen LogP contribution in [0.1, 0.15) is 28.9 Å². The summed E-state index contributed by atoms with van der Waals surface area (Å²) in [4.78, 5) is 53.5. The normalized spacial score (nSPS) is 20.1. The first-order chi connectivity index (χ1) is 14.3. The number of carbonyl (C=O) groups is 4. The third-order valence-electron chi connectivity index (χ3n) is 5.47. The second-order valence-electron chi connectivity index (χ2n) is 7.35. The summed E-state index contributed by atoms with van der Waals surface area (Å²) in [6, 6.07) is 8.31. The van der Waals surface area contributed by atoms with Crippen molar-refractivity contribution in [3.63, 3.8) is 0 Å². The Labute approximate surface area is 172 Å². The number of rotatable bonds is 4. The fourth-order valence-corrected chi connectivity index (χ4v) is 4.04. The molecule has 0 bridgehead atoms. The van der Waals surface area contributed by atoms with Gasteiger partial charge in [0.15, 0.2) is 6.61 Å². The second-order valence-corrected chi connectivity index (χ2v) is 7.35. The minimum absolute atomic E-state index is 0.0849. The van der Waals surface area contributed by atoms with E-state index in [1.165, 1.54) is 21.5 Å². The van der Waals surface area contributed by atoms with E-state index < -0.39 is 24.1 Å². The third kappa shape index (κ3) is 2.83. The van der Waals surface area contributed by atoms with Gasteiger partial charge in [0.1, 0.15) is 5.82 Å². The zero-order chi connectivity index (χ0) is 21.6. The number of benzene rings is 1. The van der Waals surface area contributed by atoms with Crippen molar-refractivity contribution in [1.29, 1.82) is 0 Å². The van der Waals surface area contributed by atoms with Crippen LogP contribution in [0.4, 0.5) is 11.5 Å². The zero-order valence-corrected chi connectivity index (χ0v) is 16.8. The lowest BCUT2D eigenvalue weighted by molar-refractivity contribution is -0.158. The predicted octanol–water partition coefficient (Wildman–Crippen LogP) is 0.819. The van der Waals surface area contributed by atoms with Crippen LogP contribution in [0.2, 0.25) is 0 Å². The maximum Gasteiger partial charge on any atom is 0.354 e. The Morgan fingerprint density at radius 3 is 2.67 bits per heavy atom. The minimum atomic E-state index is -1.61. The van der Waals surface area contributed by atoms with Crippen molar-refractivity contribution in [2.75, 3.05) is 23.9 Å². The van der Waals surface area contributed by atoms with Crippen LogP contribution in [-0.2, 0) is 26.2 Å². The van der Waals surface area contributed by atoms with Gasteiger partial charge in [-0.1, -0.05) is 12.1 Å². The minimum Gasteiger partial charge on any atom is -0.452 e. The highest BCUT2D eigenvalue weighted by Gasteiger charge is 2.60. The Hall–Kier alpha value is -3.69. The monoisotopic (exact) mass is 411 g/mol. The van der Waals surface area contributed by atoms with E-state index in [9.17, 15) is 19.2 Å². The summed E-state index contributed by atoms with van der Waals surface area (Å²) in [6.07, 6.45) is 0.172. The molecule has 1 N–H and O–H groups in total. The van der Waals surface area contributed by atoms with Crippen LogP contribution in [0.25, 0.3) is 0 Å². The summed E-state index contributed by atoms with van der Waals surface area (Å²) < 4.78 is 6.78. The molecule has 10 heteroatoms. The van der Waals surface area contributed by atoms with Crippen LogP contribution in [0, 0.1) is 6.92 Å². The lowest BCUT2D eigenvalue weighted by Crippen LogP contribution is -2.67. The smallest absolute Gasteiger partial charge is 0.354 e. The molecule has 3 heterocycles. The van der Waals surface area contributed by atoms with Gasteiger partial charge in [0.05, 0.1) is 16.9 Å². The molecule has 0 radical (unpaired) electrons. The van der Waals surface area contributed by atoms with Gasteiger partial charge in [-0.05, 0) is 19.1 Å². The van der Waals surface area contributed by atoms with Crippen LogP contribution >= 0.6 is 0 Å². The van der Waals surface area contributed by atoms with Gasteiger partial charge in [-0.2, -0.15) is 5.10 Å². The molecule has 30 heavy (non-hydrogen) atoms. The lowest BCUT2D eigenvalue weighted by atomic mass is 9.97. The quantitative estimate of drug-likeness (QED) is 0.745. The number of likely N-dealkylation sites (N-methyl/N-ethyl adjacent to an activating group) is 1. The van der Waals surface area contributed by atoms with Crippen molar-refractivity contribution in [2.24, 2.45) is 7.05 Å². The van der Waals surface area contributed by atoms with Gasteiger partial charge in [0.25, 0.3) is 11.8 Å². The van der Waals surface area contributed by atoms with Crippen molar-refractivity contribution in [1.82, 2.24) is 14.7 Å². The molecule has 0 spiro atoms. The molecule has 1 atom stereocenters. The number of nitrogens with zero attached hydrogens (tertiary/aromatic N) is 4. The van der Waals surface area contributed by atoms with E-state index in [0.29, 0.717) is 17.1 Å². The molecule has 0 saturated carbocycles. The first-order valence-electron chi connectivity index (χ1n) is 9.43. The summed E-state index contributed by atoms with van der Waals surface area (Å²) in [5.74, 6) is -1.58. The molecule has 4 rings (SSSR count). The maximum absolute atomic E-state index is 13.1. The van der Waals surface area contributed by atoms with Crippen molar-refractivity contribution in [3.8, 4) is 0 Å². The van der Waals surface area contributed by atoms with Crippen LogP contribution < -0.4 is 10.2 Å². The van der Waals surface area contributed by atoms with Crippen molar-refractivity contribution in [3.05, 3.63) is 41.6 Å². The average molecular weight is 411 g/mol. The van der Waals surface area contributed by atoms with E-state index in [4.69, 9.17) is 4.74 Å². The highest BCUT2D eigenvalue weighted by atomic mass is 16.5. The Bertz CT molecular complexity index is 1080. The molecule has 1 saturated heterocycles. The number of aromatic nitrogens is 2. The Balaban J connectivity index is 1.56. The van der Waals surface area contributed by atoms with Crippen molar-refractivity contribution < 1.29 is 23.9 Å². The Morgan fingerprint density at radius 1 is 1.23 bits per heavy atom. The van der Waals surface area contributed by atoms with Crippen molar-refractivity contribution in [2.45, 2.75) is 25.4 Å². The highest BCUT2D eigenvalue weighted by Crippen LogP contribution is 2.44. The van der Waals surface area contributed by atoms with Gasteiger partial charge in [-0.15, -0.1) is 0 Å². The number of amides is 3. The van der Waals surface area contributed by atoms with Gasteiger partial charge in [0.2, 0.25) is 11.6 Å². The van der Waals surface area contributed by atoms with Crippen LogP contribution in [-0.4, -0.2) is 57.7 Å². The lowest BCUT2D eigenvalue weighted by Gasteiger charge is -2.46. The molecule has 2 aliphatic heterocycles. The highest BCUT2D eigenvalue weighted by molar-refractivity contribution is 6.15. The van der Waals surface area contributed by atoms with Gasteiger partial charge in [-0.3, -0.25) is 24.0 Å². The third-order valence-corrected chi connectivity index (χ3v) is 5.47. The van der Waals surface area contributed by atoms with Crippen LogP contribution in [0.15, 0.2) is 30.3 Å². The van der Waals surface area contributed by atoms with Crippen LogP contribution in [0.5, 0.6) is 0 Å². The summed E-state index contributed by atoms with van der Waals surface area (Å²) >= 11 is 0. The molecule has 1 unspecified atom stereocenters. The fraction of sp³-hybridized carbons (Fsp3) is 0.350. The molecule has 156 valence electrons. The largest absolute Gasteiger partial charge is 0.452 e. The maximum atomic E-state index is 13.1. The van der Waals surface area contributed by atoms with E-state index in [1.54, 1.807) is 44.3 Å². The zero-order valence-electron chi connectivity index (χ0n) is 16.8. The number of esters is 1. The van der Waals surface area contributed by atoms with Crippen LogP contribution in [0.3, 0.4) is 0 Å². The first kappa shape index (κ1) is 19.6. The average Bonchev–Trinajstić information content (AvgIpc) is 3.23. The van der Waals surface area contributed by atoms with E-state index in [1.807, 2.05) is 0 Å². The number of anilines is 2. The summed E-state index contributed by atoms with van der Waals surface area (Å²) in [7, 11) is 3.14. The topological polar surface area (TPSA) is 114 Å².